The number of hydrogen-bond donors (Lipinski definition) is 0. The number of fused-ring (bicyclic) bond motifs is 1. The molecule has 0 amide bonds. The summed E-state index contributed by atoms with van der Waals surface area (Å²) >= 11 is 0. The highest BCUT2D eigenvalue weighted by atomic mass is 15.0. The van der Waals surface area contributed by atoms with E-state index >= 15 is 0 Å². The monoisotopic (exact) mass is 158 g/mol. The van der Waals surface area contributed by atoms with Crippen molar-refractivity contribution in [2.24, 2.45) is 0 Å². The Balaban J connectivity index is 2.70. The summed E-state index contributed by atoms with van der Waals surface area (Å²) in [4.78, 5) is 0. The van der Waals surface area contributed by atoms with Crippen LogP contribution in [0.5, 0.6) is 0 Å². The minimum absolute atomic E-state index is 0.491. The molecular weight excluding hydrogens is 146 g/mol. The molecule has 0 bridgehead atoms. The molecule has 2 aromatic rings. The minimum Gasteiger partial charge on any atom is -0.337 e. The summed E-state index contributed by atoms with van der Waals surface area (Å²) < 4.78 is 2.16. The first-order valence-corrected chi connectivity index (χ1v) is 4.26. The van der Waals surface area contributed by atoms with Crippen LogP contribution in [0.4, 0.5) is 0 Å². The Morgan fingerprint density at radius 1 is 1.25 bits per heavy atom. The van der Waals surface area contributed by atoms with Crippen molar-refractivity contribution in [3.63, 3.8) is 0 Å². The number of para-hydroxylation sites is 1. The third-order valence-electron chi connectivity index (χ3n) is 2.07. The van der Waals surface area contributed by atoms with Crippen LogP contribution in [-0.4, -0.2) is 4.57 Å². The van der Waals surface area contributed by atoms with Crippen molar-refractivity contribution in [2.75, 3.05) is 0 Å². The van der Waals surface area contributed by atoms with Gasteiger partial charge in [0.2, 0.25) is 0 Å². The molecule has 1 heterocycles. The van der Waals surface area contributed by atoms with Gasteiger partial charge in [-0.3, -0.25) is 0 Å². The highest BCUT2D eigenvalue weighted by molar-refractivity contribution is 5.79. The Labute approximate surface area is 72.6 Å². The van der Waals surface area contributed by atoms with E-state index in [4.69, 9.17) is 0 Å². The molecule has 1 nitrogen and oxygen atoms in total. The fraction of sp³-hybridized carbons (Fsp3) is 0.273. The summed E-state index contributed by atoms with van der Waals surface area (Å²) in [5, 5.41) is 1.27. The first-order chi connectivity index (χ1) is 5.79. The van der Waals surface area contributed by atoms with Gasteiger partial charge in [-0.25, -0.2) is 0 Å². The number of aromatic nitrogens is 1. The molecule has 0 saturated carbocycles. The smallest absolute Gasteiger partial charge is 0.0661 e. The zero-order chi connectivity index (χ0) is 8.55. The molecule has 61 valence electrons. The van der Waals surface area contributed by atoms with Crippen LogP contribution < -0.4 is 0 Å². The maximum absolute atomic E-state index is 3.23. The van der Waals surface area contributed by atoms with Crippen molar-refractivity contribution in [3.8, 4) is 0 Å². The van der Waals surface area contributed by atoms with E-state index in [1.807, 2.05) is 6.07 Å². The van der Waals surface area contributed by atoms with E-state index in [-0.39, 0.29) is 0 Å². The minimum atomic E-state index is 0.491. The lowest BCUT2D eigenvalue weighted by molar-refractivity contribution is 0.619. The molecule has 0 unspecified atom stereocenters. The highest BCUT2D eigenvalue weighted by Crippen LogP contribution is 2.18. The predicted octanol–water partition coefficient (Wildman–Crippen LogP) is 3.02. The molecular formula is C11H12N. The van der Waals surface area contributed by atoms with Crippen molar-refractivity contribution in [1.82, 2.24) is 4.57 Å². The zero-order valence-electron chi connectivity index (χ0n) is 7.41. The second-order valence-electron chi connectivity index (χ2n) is 3.30. The molecule has 0 aliphatic carbocycles. The average Bonchev–Trinajstić information content (AvgIpc) is 2.47. The molecule has 0 fully saturated rings. The van der Waals surface area contributed by atoms with E-state index in [1.54, 1.807) is 0 Å². The average molecular weight is 158 g/mol. The molecule has 1 radical (unpaired) electrons. The van der Waals surface area contributed by atoms with Gasteiger partial charge >= 0.3 is 0 Å². The first kappa shape index (κ1) is 7.41. The van der Waals surface area contributed by atoms with Gasteiger partial charge in [0, 0.05) is 16.9 Å². The van der Waals surface area contributed by atoms with E-state index in [1.165, 1.54) is 10.9 Å². The lowest BCUT2D eigenvalue weighted by Gasteiger charge is -2.07. The van der Waals surface area contributed by atoms with Crippen molar-refractivity contribution >= 4 is 10.9 Å². The van der Waals surface area contributed by atoms with Gasteiger partial charge in [-0.1, -0.05) is 18.2 Å². The van der Waals surface area contributed by atoms with Crippen LogP contribution in [0.1, 0.15) is 19.9 Å². The fourth-order valence-electron chi connectivity index (χ4n) is 1.46. The molecule has 2 rings (SSSR count). The van der Waals surface area contributed by atoms with Crippen LogP contribution in [0.3, 0.4) is 0 Å². The van der Waals surface area contributed by atoms with Gasteiger partial charge < -0.3 is 4.57 Å². The van der Waals surface area contributed by atoms with Gasteiger partial charge in [-0.2, -0.15) is 0 Å². The van der Waals surface area contributed by atoms with E-state index in [0.29, 0.717) is 6.04 Å². The number of benzene rings is 1. The Morgan fingerprint density at radius 2 is 2.00 bits per heavy atom. The molecule has 12 heavy (non-hydrogen) atoms. The summed E-state index contributed by atoms with van der Waals surface area (Å²) in [6.07, 6.45) is 3.23. The summed E-state index contributed by atoms with van der Waals surface area (Å²) in [5.74, 6) is 0. The van der Waals surface area contributed by atoms with Gasteiger partial charge in [-0.05, 0) is 26.0 Å². The third kappa shape index (κ3) is 1.02. The van der Waals surface area contributed by atoms with Crippen LogP contribution in [0.15, 0.2) is 30.3 Å². The summed E-state index contributed by atoms with van der Waals surface area (Å²) in [6, 6.07) is 10.9. The molecule has 0 N–H and O–H groups in total. The number of nitrogens with zero attached hydrogens (tertiary/aromatic N) is 1. The lowest BCUT2D eigenvalue weighted by Crippen LogP contribution is -1.97. The van der Waals surface area contributed by atoms with E-state index < -0.39 is 0 Å². The van der Waals surface area contributed by atoms with Crippen LogP contribution in [0.25, 0.3) is 10.9 Å². The SMILES string of the molecule is CC(C)n1[c]cc2ccccc21. The fourth-order valence-corrected chi connectivity index (χ4v) is 1.46. The maximum Gasteiger partial charge on any atom is 0.0661 e. The Hall–Kier alpha value is -1.24. The Morgan fingerprint density at radius 3 is 2.75 bits per heavy atom. The summed E-state index contributed by atoms with van der Waals surface area (Å²) in [6.45, 7) is 4.34. The molecule has 0 atom stereocenters. The van der Waals surface area contributed by atoms with E-state index in [0.717, 1.165) is 0 Å². The Bertz CT molecular complexity index is 385. The van der Waals surface area contributed by atoms with Gasteiger partial charge in [-0.15, -0.1) is 0 Å². The quantitative estimate of drug-likeness (QED) is 0.601. The predicted molar refractivity (Wildman–Crippen MR) is 51.2 cm³/mol. The molecule has 0 spiro atoms. The van der Waals surface area contributed by atoms with Gasteiger partial charge in [0.15, 0.2) is 0 Å². The summed E-state index contributed by atoms with van der Waals surface area (Å²) in [7, 11) is 0. The van der Waals surface area contributed by atoms with Crippen molar-refractivity contribution in [1.29, 1.82) is 0 Å². The normalized spacial score (nSPS) is 11.2. The molecule has 0 aliphatic rings. The molecule has 0 aliphatic heterocycles. The van der Waals surface area contributed by atoms with Gasteiger partial charge in [0.1, 0.15) is 0 Å². The van der Waals surface area contributed by atoms with Crippen LogP contribution in [0, 0.1) is 6.20 Å². The number of rotatable bonds is 1. The third-order valence-corrected chi connectivity index (χ3v) is 2.07. The van der Waals surface area contributed by atoms with Crippen molar-refractivity contribution in [3.05, 3.63) is 36.5 Å². The zero-order valence-corrected chi connectivity index (χ0v) is 7.41. The second-order valence-corrected chi connectivity index (χ2v) is 3.30. The molecule has 0 saturated heterocycles. The molecule has 1 heteroatoms. The first-order valence-electron chi connectivity index (χ1n) is 4.26. The van der Waals surface area contributed by atoms with Crippen LogP contribution in [-0.2, 0) is 0 Å². The topological polar surface area (TPSA) is 4.93 Å². The highest BCUT2D eigenvalue weighted by Gasteiger charge is 2.01. The van der Waals surface area contributed by atoms with E-state index in [2.05, 4.69) is 48.9 Å². The largest absolute Gasteiger partial charge is 0.337 e. The van der Waals surface area contributed by atoms with Gasteiger partial charge in [0.05, 0.1) is 6.20 Å². The van der Waals surface area contributed by atoms with E-state index in [9.17, 15) is 0 Å². The maximum atomic E-state index is 3.23. The lowest BCUT2D eigenvalue weighted by atomic mass is 10.2. The number of hydrogen-bond acceptors (Lipinski definition) is 0. The van der Waals surface area contributed by atoms with Crippen molar-refractivity contribution < 1.29 is 0 Å². The van der Waals surface area contributed by atoms with Crippen LogP contribution >= 0.6 is 0 Å². The standard InChI is InChI=1S/C11H12N/c1-9(2)12-8-7-10-5-3-4-6-11(10)12/h3-7,9H,1-2H3. The second kappa shape index (κ2) is 2.67. The van der Waals surface area contributed by atoms with Crippen LogP contribution in [0.2, 0.25) is 0 Å². The Kier molecular flexibility index (Phi) is 1.65. The molecule has 1 aromatic carbocycles. The molecule has 1 aromatic heterocycles. The van der Waals surface area contributed by atoms with Crippen molar-refractivity contribution in [2.45, 2.75) is 19.9 Å². The van der Waals surface area contributed by atoms with Gasteiger partial charge in [0.25, 0.3) is 0 Å². The summed E-state index contributed by atoms with van der Waals surface area (Å²) in [5.41, 5.74) is 1.27.